The molecule has 206 valence electrons. The van der Waals surface area contributed by atoms with Crippen LogP contribution in [0, 0.1) is 0 Å². The Morgan fingerprint density at radius 2 is 1.31 bits per heavy atom. The second-order valence-electron chi connectivity index (χ2n) is 10.7. The summed E-state index contributed by atoms with van der Waals surface area (Å²) in [6.07, 6.45) is 2.11. The Morgan fingerprint density at radius 3 is 1.82 bits per heavy atom. The zero-order valence-electron chi connectivity index (χ0n) is 23.4. The van der Waals surface area contributed by atoms with Crippen LogP contribution >= 0.6 is 0 Å². The van der Waals surface area contributed by atoms with Crippen molar-refractivity contribution in [1.82, 2.24) is 14.7 Å². The normalized spacial score (nSPS) is 17.6. The first-order valence-corrected chi connectivity index (χ1v) is 14.0. The van der Waals surface area contributed by atoms with Crippen LogP contribution in [-0.4, -0.2) is 70.6 Å². The van der Waals surface area contributed by atoms with Crippen LogP contribution in [0.3, 0.4) is 0 Å². The highest BCUT2D eigenvalue weighted by Crippen LogP contribution is 2.36. The molecule has 6 heteroatoms. The Morgan fingerprint density at radius 1 is 0.821 bits per heavy atom. The first-order valence-electron chi connectivity index (χ1n) is 14.0. The highest BCUT2D eigenvalue weighted by Gasteiger charge is 2.46. The summed E-state index contributed by atoms with van der Waals surface area (Å²) in [5.41, 5.74) is 2.03. The Bertz CT molecular complexity index is 1160. The second-order valence-corrected chi connectivity index (χ2v) is 10.7. The number of hydrogen-bond acceptors (Lipinski definition) is 3. The lowest BCUT2D eigenvalue weighted by molar-refractivity contribution is -0.142. The molecule has 1 fully saturated rings. The van der Waals surface area contributed by atoms with Crippen LogP contribution in [0.25, 0.3) is 0 Å². The van der Waals surface area contributed by atoms with Crippen molar-refractivity contribution in [1.29, 1.82) is 0 Å². The molecule has 0 spiro atoms. The van der Waals surface area contributed by atoms with Gasteiger partial charge in [-0.15, -0.1) is 0 Å². The Labute approximate surface area is 232 Å². The van der Waals surface area contributed by atoms with E-state index in [1.807, 2.05) is 115 Å². The van der Waals surface area contributed by atoms with Crippen molar-refractivity contribution in [3.63, 3.8) is 0 Å². The standard InChI is InChI=1S/C33H41N3O3/c1-4-14-29-24-35(31(38)33(2,27-17-10-6-11-18-27)28-19-12-7-13-20-28)30(21-22-37)25-36(29)32(39)34(3)23-26-15-8-5-9-16-26/h5-13,15-20,29-30,37H,4,14,21-25H2,1-3H3/t29?,30-/m1/s1. The molecule has 1 aliphatic heterocycles. The summed E-state index contributed by atoms with van der Waals surface area (Å²) in [5, 5.41) is 10.0. The molecule has 2 atom stereocenters. The summed E-state index contributed by atoms with van der Waals surface area (Å²) in [7, 11) is 1.83. The molecule has 3 amide bonds. The molecule has 1 N–H and O–H groups in total. The van der Waals surface area contributed by atoms with Crippen molar-refractivity contribution in [2.24, 2.45) is 0 Å². The number of nitrogens with zero attached hydrogens (tertiary/aromatic N) is 3. The van der Waals surface area contributed by atoms with E-state index >= 15 is 0 Å². The van der Waals surface area contributed by atoms with E-state index < -0.39 is 5.41 Å². The van der Waals surface area contributed by atoms with Crippen molar-refractivity contribution in [2.45, 2.75) is 57.2 Å². The van der Waals surface area contributed by atoms with Gasteiger partial charge in [0.25, 0.3) is 0 Å². The molecule has 39 heavy (non-hydrogen) atoms. The van der Waals surface area contributed by atoms with Gasteiger partial charge in [-0.05, 0) is 36.5 Å². The fourth-order valence-corrected chi connectivity index (χ4v) is 5.80. The van der Waals surface area contributed by atoms with Crippen LogP contribution in [0.1, 0.15) is 49.8 Å². The van der Waals surface area contributed by atoms with Crippen LogP contribution in [0.5, 0.6) is 0 Å². The van der Waals surface area contributed by atoms with E-state index in [2.05, 4.69) is 6.92 Å². The molecular formula is C33H41N3O3. The third-order valence-electron chi connectivity index (χ3n) is 8.01. The fraction of sp³-hybridized carbons (Fsp3) is 0.394. The van der Waals surface area contributed by atoms with E-state index in [0.717, 1.165) is 29.5 Å². The number of aliphatic hydroxyl groups excluding tert-OH is 1. The number of aliphatic hydroxyl groups is 1. The molecule has 0 aliphatic carbocycles. The fourth-order valence-electron chi connectivity index (χ4n) is 5.80. The second kappa shape index (κ2) is 12.9. The van der Waals surface area contributed by atoms with Gasteiger partial charge >= 0.3 is 6.03 Å². The molecule has 1 unspecified atom stereocenters. The van der Waals surface area contributed by atoms with Crippen molar-refractivity contribution in [2.75, 3.05) is 26.7 Å². The van der Waals surface area contributed by atoms with Gasteiger partial charge in [0.2, 0.25) is 5.91 Å². The van der Waals surface area contributed by atoms with Crippen molar-refractivity contribution in [3.8, 4) is 0 Å². The lowest BCUT2D eigenvalue weighted by Crippen LogP contribution is -2.65. The zero-order chi connectivity index (χ0) is 27.8. The zero-order valence-corrected chi connectivity index (χ0v) is 23.4. The maximum Gasteiger partial charge on any atom is 0.320 e. The third-order valence-corrected chi connectivity index (χ3v) is 8.01. The van der Waals surface area contributed by atoms with E-state index in [4.69, 9.17) is 0 Å². The van der Waals surface area contributed by atoms with Gasteiger partial charge in [0.05, 0.1) is 17.5 Å². The summed E-state index contributed by atoms with van der Waals surface area (Å²) in [6.45, 7) is 5.41. The molecule has 0 bridgehead atoms. The number of benzene rings is 3. The maximum absolute atomic E-state index is 14.6. The predicted octanol–water partition coefficient (Wildman–Crippen LogP) is 5.31. The quantitative estimate of drug-likeness (QED) is 0.410. The van der Waals surface area contributed by atoms with E-state index in [9.17, 15) is 14.7 Å². The van der Waals surface area contributed by atoms with Gasteiger partial charge in [-0.1, -0.05) is 104 Å². The minimum atomic E-state index is -0.900. The van der Waals surface area contributed by atoms with Gasteiger partial charge < -0.3 is 19.8 Å². The monoisotopic (exact) mass is 527 g/mol. The number of urea groups is 1. The lowest BCUT2D eigenvalue weighted by atomic mass is 9.74. The third kappa shape index (κ3) is 6.17. The Hall–Kier alpha value is -3.64. The molecule has 6 nitrogen and oxygen atoms in total. The summed E-state index contributed by atoms with van der Waals surface area (Å²) in [6, 6.07) is 29.4. The Balaban J connectivity index is 1.66. The average Bonchev–Trinajstić information content (AvgIpc) is 2.98. The summed E-state index contributed by atoms with van der Waals surface area (Å²) in [5.74, 6) is 0.00388. The molecular weight excluding hydrogens is 486 g/mol. The maximum atomic E-state index is 14.6. The van der Waals surface area contributed by atoms with Gasteiger partial charge in [0, 0.05) is 33.3 Å². The minimum absolute atomic E-state index is 0.00388. The number of amides is 3. The molecule has 1 aliphatic rings. The largest absolute Gasteiger partial charge is 0.396 e. The van der Waals surface area contributed by atoms with Crippen LogP contribution in [-0.2, 0) is 16.8 Å². The SMILES string of the molecule is CCCC1CN(C(=O)C(C)(c2ccccc2)c2ccccc2)[C@H](CCO)CN1C(=O)N(C)Cc1ccccc1. The average molecular weight is 528 g/mol. The van der Waals surface area contributed by atoms with E-state index in [1.165, 1.54) is 0 Å². The molecule has 0 radical (unpaired) electrons. The molecule has 1 saturated heterocycles. The highest BCUT2D eigenvalue weighted by molar-refractivity contribution is 5.92. The number of carbonyl (C=O) groups is 2. The number of rotatable bonds is 9. The number of hydrogen-bond donors (Lipinski definition) is 1. The van der Waals surface area contributed by atoms with Gasteiger partial charge in [0.15, 0.2) is 0 Å². The lowest BCUT2D eigenvalue weighted by Gasteiger charge is -2.49. The van der Waals surface area contributed by atoms with Crippen molar-refractivity contribution in [3.05, 3.63) is 108 Å². The van der Waals surface area contributed by atoms with Gasteiger partial charge in [-0.25, -0.2) is 4.79 Å². The summed E-state index contributed by atoms with van der Waals surface area (Å²) >= 11 is 0. The number of carbonyl (C=O) groups excluding carboxylic acids is 2. The van der Waals surface area contributed by atoms with Crippen LogP contribution in [0.2, 0.25) is 0 Å². The molecule has 3 aromatic carbocycles. The first kappa shape index (κ1) is 28.4. The smallest absolute Gasteiger partial charge is 0.320 e. The van der Waals surface area contributed by atoms with Crippen LogP contribution in [0.15, 0.2) is 91.0 Å². The van der Waals surface area contributed by atoms with Crippen LogP contribution in [0.4, 0.5) is 4.79 Å². The molecule has 4 rings (SSSR count). The molecule has 3 aromatic rings. The van der Waals surface area contributed by atoms with Gasteiger partial charge in [-0.2, -0.15) is 0 Å². The summed E-state index contributed by atoms with van der Waals surface area (Å²) < 4.78 is 0. The Kier molecular flexibility index (Phi) is 9.41. The minimum Gasteiger partial charge on any atom is -0.396 e. The van der Waals surface area contributed by atoms with Gasteiger partial charge in [0.1, 0.15) is 0 Å². The van der Waals surface area contributed by atoms with Gasteiger partial charge in [-0.3, -0.25) is 4.79 Å². The molecule has 0 aromatic heterocycles. The molecule has 1 heterocycles. The molecule has 0 saturated carbocycles. The topological polar surface area (TPSA) is 64.1 Å². The highest BCUT2D eigenvalue weighted by atomic mass is 16.3. The number of piperazine rings is 1. The first-order chi connectivity index (χ1) is 18.9. The van der Waals surface area contributed by atoms with E-state index in [0.29, 0.717) is 26.1 Å². The van der Waals surface area contributed by atoms with Crippen LogP contribution < -0.4 is 0 Å². The van der Waals surface area contributed by atoms with E-state index in [1.54, 1.807) is 4.90 Å². The van der Waals surface area contributed by atoms with E-state index in [-0.39, 0.29) is 30.6 Å². The van der Waals surface area contributed by atoms with Crippen molar-refractivity contribution >= 4 is 11.9 Å². The predicted molar refractivity (Wildman–Crippen MR) is 155 cm³/mol. The summed E-state index contributed by atoms with van der Waals surface area (Å²) in [4.78, 5) is 34.0. The van der Waals surface area contributed by atoms with Crippen molar-refractivity contribution < 1.29 is 14.7 Å².